The summed E-state index contributed by atoms with van der Waals surface area (Å²) in [6, 6.07) is 32.8. The number of nitrogens with zero attached hydrogens (tertiary/aromatic N) is 2. The predicted octanol–water partition coefficient (Wildman–Crippen LogP) is 6.77. The van der Waals surface area contributed by atoms with Crippen LogP contribution in [-0.2, 0) is 21.6 Å². The minimum Gasteiger partial charge on any atom is -0.507 e. The summed E-state index contributed by atoms with van der Waals surface area (Å²) < 4.78 is 0. The molecule has 5 rings (SSSR count). The van der Waals surface area contributed by atoms with E-state index in [0.717, 1.165) is 34.0 Å². The van der Waals surface area contributed by atoms with Crippen LogP contribution in [0.25, 0.3) is 21.5 Å². The van der Waals surface area contributed by atoms with Crippen LogP contribution >= 0.6 is 0 Å². The average molecular weight is 564 g/mol. The number of aromatic hydroxyl groups is 2. The number of phenolic OH excluding ortho intramolecular Hbond substituents is 2. The molecule has 0 saturated carbocycles. The van der Waals surface area contributed by atoms with Crippen LogP contribution in [0.2, 0.25) is 0 Å². The molecule has 0 heterocycles. The van der Waals surface area contributed by atoms with Gasteiger partial charge in [-0.1, -0.05) is 91.0 Å². The number of rotatable bonds is 6. The van der Waals surface area contributed by atoms with Gasteiger partial charge < -0.3 is 15.3 Å². The molecule has 0 aliphatic rings. The second-order valence-electron chi connectivity index (χ2n) is 8.66. The van der Waals surface area contributed by atoms with Gasteiger partial charge in [0.15, 0.2) is 0 Å². The molecule has 0 aromatic heterocycles. The molecular weight excluding hydrogens is 535 g/mol. The van der Waals surface area contributed by atoms with Gasteiger partial charge in [-0.05, 0) is 39.2 Å². The number of carbonyl (C=O) groups is 1. The van der Waals surface area contributed by atoms with E-state index < -0.39 is 5.97 Å². The number of fused-ring (bicyclic) bond motifs is 2. The van der Waals surface area contributed by atoms with Crippen molar-refractivity contribution in [3.63, 3.8) is 0 Å². The van der Waals surface area contributed by atoms with Crippen molar-refractivity contribution in [2.24, 2.45) is 9.98 Å². The van der Waals surface area contributed by atoms with Gasteiger partial charge in [-0.25, -0.2) is 0 Å². The van der Waals surface area contributed by atoms with E-state index in [2.05, 4.69) is 4.99 Å². The molecule has 5 aromatic carbocycles. The second kappa shape index (κ2) is 13.9. The number of carboxylic acid groups (broad SMARTS) is 1. The van der Waals surface area contributed by atoms with Gasteiger partial charge in [0.2, 0.25) is 0 Å². The Bertz CT molecular complexity index is 1610. The summed E-state index contributed by atoms with van der Waals surface area (Å²) in [5.74, 6) is -0.443. The summed E-state index contributed by atoms with van der Waals surface area (Å²) >= 11 is 0. The number of hydrogen-bond donors (Lipinski definition) is 3. The molecule has 0 aliphatic heterocycles. The van der Waals surface area contributed by atoms with Gasteiger partial charge in [0.05, 0.1) is 12.6 Å². The van der Waals surface area contributed by atoms with E-state index >= 15 is 0 Å². The zero-order chi connectivity index (χ0) is 26.9. The largest absolute Gasteiger partial charge is 0.507 e. The smallest absolute Gasteiger partial charge is 0.300 e. The van der Waals surface area contributed by atoms with Crippen LogP contribution in [0.15, 0.2) is 113 Å². The molecule has 199 valence electrons. The molecule has 1 atom stereocenters. The van der Waals surface area contributed by atoms with E-state index in [-0.39, 0.29) is 34.3 Å². The maximum atomic E-state index is 10.5. The quantitative estimate of drug-likeness (QED) is 0.198. The van der Waals surface area contributed by atoms with Crippen molar-refractivity contribution in [3.8, 4) is 11.5 Å². The molecule has 3 N–H and O–H groups in total. The van der Waals surface area contributed by atoms with E-state index in [1.54, 1.807) is 24.6 Å². The Labute approximate surface area is 237 Å². The molecule has 1 radical (unpaired) electrons. The normalized spacial score (nSPS) is 11.7. The Kier molecular flexibility index (Phi) is 10.4. The third-order valence-corrected chi connectivity index (χ3v) is 5.96. The van der Waals surface area contributed by atoms with Crippen LogP contribution in [0, 0.1) is 0 Å². The Hall–Kier alpha value is -4.46. The fourth-order valence-electron chi connectivity index (χ4n) is 4.16. The SMILES string of the molecule is CC(=O)O.Oc1ccc2ccccc2c1C=NCC(N=Cc1c(O)ccc2ccccc12)c1ccccc1.[Co]. The van der Waals surface area contributed by atoms with Crippen LogP contribution in [0.4, 0.5) is 0 Å². The maximum Gasteiger partial charge on any atom is 0.300 e. The van der Waals surface area contributed by atoms with Crippen molar-refractivity contribution < 1.29 is 36.9 Å². The first-order chi connectivity index (χ1) is 18.4. The van der Waals surface area contributed by atoms with Gasteiger partial charge in [0.1, 0.15) is 11.5 Å². The van der Waals surface area contributed by atoms with Gasteiger partial charge in [0.25, 0.3) is 5.97 Å². The summed E-state index contributed by atoms with van der Waals surface area (Å²) in [7, 11) is 0. The standard InChI is InChI=1S/C30H24N2O2.C2H4O2.Co/c33-29-16-14-21-8-4-6-12-24(21)26(29)18-31-20-28(23-10-2-1-3-11-23)32-19-27-25-13-7-5-9-22(25)15-17-30(27)34;1-2(3)4;/h1-19,28,33-34H,20H2;1H3,(H,3,4);. The third-order valence-electron chi connectivity index (χ3n) is 5.96. The van der Waals surface area contributed by atoms with Crippen molar-refractivity contribution in [2.75, 3.05) is 6.54 Å². The molecule has 1 unspecified atom stereocenters. The van der Waals surface area contributed by atoms with E-state index in [1.165, 1.54) is 0 Å². The van der Waals surface area contributed by atoms with Gasteiger partial charge in [-0.15, -0.1) is 0 Å². The summed E-state index contributed by atoms with van der Waals surface area (Å²) in [6.45, 7) is 1.48. The van der Waals surface area contributed by atoms with E-state index in [0.29, 0.717) is 17.7 Å². The van der Waals surface area contributed by atoms with Gasteiger partial charge in [-0.3, -0.25) is 14.8 Å². The first kappa shape index (κ1) is 29.1. The minimum atomic E-state index is -0.833. The zero-order valence-electron chi connectivity index (χ0n) is 21.2. The first-order valence-electron chi connectivity index (χ1n) is 12.1. The van der Waals surface area contributed by atoms with Crippen LogP contribution in [0.3, 0.4) is 0 Å². The first-order valence-corrected chi connectivity index (χ1v) is 12.1. The zero-order valence-corrected chi connectivity index (χ0v) is 22.3. The Morgan fingerprint density at radius 1 is 0.718 bits per heavy atom. The van der Waals surface area contributed by atoms with Crippen molar-refractivity contribution in [2.45, 2.75) is 13.0 Å². The topological polar surface area (TPSA) is 102 Å². The van der Waals surface area contributed by atoms with Crippen molar-refractivity contribution >= 4 is 39.9 Å². The molecular formula is C32H28CoN2O4. The Balaban J connectivity index is 0.000000788. The van der Waals surface area contributed by atoms with Crippen molar-refractivity contribution in [3.05, 3.63) is 120 Å². The van der Waals surface area contributed by atoms with Gasteiger partial charge in [-0.2, -0.15) is 0 Å². The number of phenols is 2. The molecule has 0 spiro atoms. The predicted molar refractivity (Wildman–Crippen MR) is 154 cm³/mol. The summed E-state index contributed by atoms with van der Waals surface area (Å²) in [5.41, 5.74) is 2.41. The van der Waals surface area contributed by atoms with Crippen LogP contribution in [0.5, 0.6) is 11.5 Å². The number of aliphatic carboxylic acids is 1. The van der Waals surface area contributed by atoms with E-state index in [1.807, 2.05) is 91.0 Å². The second-order valence-corrected chi connectivity index (χ2v) is 8.66. The molecule has 39 heavy (non-hydrogen) atoms. The molecule has 0 amide bonds. The summed E-state index contributed by atoms with van der Waals surface area (Å²) in [6.07, 6.45) is 3.46. The molecule has 7 heteroatoms. The monoisotopic (exact) mass is 563 g/mol. The molecule has 0 saturated heterocycles. The number of aliphatic imine (C=N–C) groups is 2. The molecule has 0 bridgehead atoms. The van der Waals surface area contributed by atoms with Crippen LogP contribution < -0.4 is 0 Å². The van der Waals surface area contributed by atoms with Crippen LogP contribution in [-0.4, -0.2) is 40.3 Å². The number of carboxylic acids is 1. The molecule has 0 fully saturated rings. The number of hydrogen-bond acceptors (Lipinski definition) is 5. The fraction of sp³-hybridized carbons (Fsp3) is 0.0938. The summed E-state index contributed by atoms with van der Waals surface area (Å²) in [4.78, 5) is 18.5. The average Bonchev–Trinajstić information content (AvgIpc) is 2.92. The molecule has 0 aliphatic carbocycles. The molecule has 6 nitrogen and oxygen atoms in total. The maximum absolute atomic E-state index is 10.5. The van der Waals surface area contributed by atoms with Gasteiger partial charge in [0, 0.05) is 47.3 Å². The van der Waals surface area contributed by atoms with Crippen LogP contribution in [0.1, 0.15) is 29.7 Å². The Morgan fingerprint density at radius 3 is 1.72 bits per heavy atom. The summed E-state index contributed by atoms with van der Waals surface area (Å²) in [5, 5.41) is 32.3. The fourth-order valence-corrected chi connectivity index (χ4v) is 4.16. The van der Waals surface area contributed by atoms with E-state index in [4.69, 9.17) is 14.9 Å². The molecule has 5 aromatic rings. The minimum absolute atomic E-state index is 0. The van der Waals surface area contributed by atoms with E-state index in [9.17, 15) is 10.2 Å². The number of benzene rings is 5. The van der Waals surface area contributed by atoms with Crippen molar-refractivity contribution in [1.29, 1.82) is 0 Å². The Morgan fingerprint density at radius 2 is 1.18 bits per heavy atom. The van der Waals surface area contributed by atoms with Gasteiger partial charge >= 0.3 is 0 Å². The third kappa shape index (κ3) is 7.53. The van der Waals surface area contributed by atoms with Crippen molar-refractivity contribution in [1.82, 2.24) is 0 Å².